The minimum absolute atomic E-state index is 0.0344. The summed E-state index contributed by atoms with van der Waals surface area (Å²) in [5, 5.41) is 3.07. The van der Waals surface area contributed by atoms with Crippen LogP contribution in [-0.4, -0.2) is 28.6 Å². The van der Waals surface area contributed by atoms with Crippen molar-refractivity contribution >= 4 is 16.9 Å². The van der Waals surface area contributed by atoms with Gasteiger partial charge in [0, 0.05) is 25.1 Å². The number of carbonyl (C=O) groups is 1. The molecule has 0 spiro atoms. The molecule has 0 bridgehead atoms. The number of aromatic nitrogens is 2. The van der Waals surface area contributed by atoms with Gasteiger partial charge in [0.05, 0.1) is 17.6 Å². The van der Waals surface area contributed by atoms with Crippen LogP contribution >= 0.6 is 0 Å². The molecule has 0 aliphatic heterocycles. The molecule has 0 saturated carbocycles. The van der Waals surface area contributed by atoms with Crippen LogP contribution in [-0.2, 0) is 18.4 Å². The van der Waals surface area contributed by atoms with E-state index in [1.165, 1.54) is 5.56 Å². The SMILES string of the molecule is Cc1ccc(C(=O)NCCc2nc3ccccc3n2CCCCOc2ccc(C(C)(C)C)cc2)c(C)c1. The average Bonchev–Trinajstić information content (AvgIpc) is 3.21. The number of carbonyl (C=O) groups excluding carboxylic acids is 1. The van der Waals surface area contributed by atoms with Gasteiger partial charge in [0.15, 0.2) is 0 Å². The zero-order valence-electron chi connectivity index (χ0n) is 22.8. The van der Waals surface area contributed by atoms with E-state index in [1.54, 1.807) is 0 Å². The molecule has 5 nitrogen and oxygen atoms in total. The van der Waals surface area contributed by atoms with Gasteiger partial charge in [0.2, 0.25) is 0 Å². The van der Waals surface area contributed by atoms with Gasteiger partial charge in [-0.15, -0.1) is 0 Å². The quantitative estimate of drug-likeness (QED) is 0.246. The Morgan fingerprint density at radius 2 is 1.73 bits per heavy atom. The van der Waals surface area contributed by atoms with Crippen molar-refractivity contribution in [2.24, 2.45) is 0 Å². The Morgan fingerprint density at radius 3 is 2.46 bits per heavy atom. The third-order valence-electron chi connectivity index (χ3n) is 6.76. The Bertz CT molecular complexity index is 1350. The standard InChI is InChI=1S/C32H39N3O2/c1-23-12-17-27(24(2)22-23)31(36)33-19-18-30-34-28-10-6-7-11-29(28)35(30)20-8-9-21-37-26-15-13-25(14-16-26)32(3,4)5/h6-7,10-17,22H,8-9,18-21H2,1-5H3,(H,33,36). The van der Waals surface area contributed by atoms with Gasteiger partial charge in [0.25, 0.3) is 5.91 Å². The van der Waals surface area contributed by atoms with Crippen LogP contribution in [0.15, 0.2) is 66.7 Å². The molecule has 4 aromatic rings. The van der Waals surface area contributed by atoms with Crippen LogP contribution in [0.5, 0.6) is 5.75 Å². The van der Waals surface area contributed by atoms with E-state index in [-0.39, 0.29) is 11.3 Å². The van der Waals surface area contributed by atoms with Gasteiger partial charge in [-0.2, -0.15) is 0 Å². The number of nitrogens with one attached hydrogen (secondary N) is 1. The highest BCUT2D eigenvalue weighted by molar-refractivity contribution is 5.95. The molecule has 0 atom stereocenters. The van der Waals surface area contributed by atoms with Crippen molar-refractivity contribution in [3.8, 4) is 5.75 Å². The van der Waals surface area contributed by atoms with E-state index in [2.05, 4.69) is 67.1 Å². The van der Waals surface area contributed by atoms with Gasteiger partial charge in [-0.1, -0.05) is 62.7 Å². The van der Waals surface area contributed by atoms with Crippen LogP contribution < -0.4 is 10.1 Å². The lowest BCUT2D eigenvalue weighted by molar-refractivity contribution is 0.0953. The number of hydrogen-bond donors (Lipinski definition) is 1. The molecule has 3 aromatic carbocycles. The number of ether oxygens (including phenoxy) is 1. The third-order valence-corrected chi connectivity index (χ3v) is 6.76. The maximum atomic E-state index is 12.7. The number of benzene rings is 3. The lowest BCUT2D eigenvalue weighted by atomic mass is 9.87. The molecular weight excluding hydrogens is 458 g/mol. The zero-order valence-corrected chi connectivity index (χ0v) is 22.8. The van der Waals surface area contributed by atoms with Crippen molar-refractivity contribution in [3.63, 3.8) is 0 Å². The molecule has 194 valence electrons. The average molecular weight is 498 g/mol. The molecule has 0 aliphatic carbocycles. The van der Waals surface area contributed by atoms with Crippen molar-refractivity contribution in [1.82, 2.24) is 14.9 Å². The topological polar surface area (TPSA) is 56.2 Å². The number of aryl methyl sites for hydroxylation is 3. The predicted octanol–water partition coefficient (Wildman–Crippen LogP) is 6.78. The summed E-state index contributed by atoms with van der Waals surface area (Å²) in [4.78, 5) is 17.6. The highest BCUT2D eigenvalue weighted by Gasteiger charge is 2.14. The first kappa shape index (κ1) is 26.5. The summed E-state index contributed by atoms with van der Waals surface area (Å²) in [6.07, 6.45) is 2.63. The van der Waals surface area contributed by atoms with Gasteiger partial charge in [0.1, 0.15) is 11.6 Å². The fraction of sp³-hybridized carbons (Fsp3) is 0.375. The van der Waals surface area contributed by atoms with Gasteiger partial charge in [-0.05, 0) is 73.6 Å². The van der Waals surface area contributed by atoms with E-state index >= 15 is 0 Å². The maximum absolute atomic E-state index is 12.7. The maximum Gasteiger partial charge on any atom is 0.251 e. The van der Waals surface area contributed by atoms with Crippen LogP contribution in [0.2, 0.25) is 0 Å². The Morgan fingerprint density at radius 1 is 0.973 bits per heavy atom. The molecular formula is C32H39N3O2. The van der Waals surface area contributed by atoms with E-state index in [1.807, 2.05) is 44.2 Å². The molecule has 0 aliphatic rings. The van der Waals surface area contributed by atoms with Crippen LogP contribution in [0.3, 0.4) is 0 Å². The third kappa shape index (κ3) is 6.79. The van der Waals surface area contributed by atoms with E-state index in [0.717, 1.165) is 58.7 Å². The highest BCUT2D eigenvalue weighted by atomic mass is 16.5. The molecule has 1 N–H and O–H groups in total. The number of nitrogens with zero attached hydrogens (tertiary/aromatic N) is 2. The molecule has 5 heteroatoms. The van der Waals surface area contributed by atoms with Crippen molar-refractivity contribution in [1.29, 1.82) is 0 Å². The Kier molecular flexibility index (Phi) is 8.32. The lowest BCUT2D eigenvalue weighted by Crippen LogP contribution is -2.27. The summed E-state index contributed by atoms with van der Waals surface area (Å²) in [5.74, 6) is 1.88. The van der Waals surface area contributed by atoms with E-state index in [9.17, 15) is 4.79 Å². The number of fused-ring (bicyclic) bond motifs is 1. The van der Waals surface area contributed by atoms with Gasteiger partial charge in [-0.25, -0.2) is 4.98 Å². The first-order valence-electron chi connectivity index (χ1n) is 13.3. The molecule has 4 rings (SSSR count). The molecule has 1 aromatic heterocycles. The molecule has 0 unspecified atom stereocenters. The van der Waals surface area contributed by atoms with Gasteiger partial charge < -0.3 is 14.6 Å². The lowest BCUT2D eigenvalue weighted by Gasteiger charge is -2.19. The Balaban J connectivity index is 1.31. The summed E-state index contributed by atoms with van der Waals surface area (Å²) in [6.45, 7) is 12.8. The minimum atomic E-state index is -0.0344. The Labute approximate surface area is 220 Å². The summed E-state index contributed by atoms with van der Waals surface area (Å²) >= 11 is 0. The minimum Gasteiger partial charge on any atom is -0.494 e. The smallest absolute Gasteiger partial charge is 0.251 e. The second-order valence-electron chi connectivity index (χ2n) is 10.8. The predicted molar refractivity (Wildman–Crippen MR) is 152 cm³/mol. The highest BCUT2D eigenvalue weighted by Crippen LogP contribution is 2.24. The molecule has 1 heterocycles. The zero-order chi connectivity index (χ0) is 26.4. The number of hydrogen-bond acceptors (Lipinski definition) is 3. The Hall–Kier alpha value is -3.60. The van der Waals surface area contributed by atoms with Crippen molar-refractivity contribution in [3.05, 3.63) is 94.8 Å². The van der Waals surface area contributed by atoms with Gasteiger partial charge in [-0.3, -0.25) is 4.79 Å². The van der Waals surface area contributed by atoms with Crippen LogP contribution in [0.4, 0.5) is 0 Å². The van der Waals surface area contributed by atoms with Crippen LogP contribution in [0.25, 0.3) is 11.0 Å². The fourth-order valence-electron chi connectivity index (χ4n) is 4.63. The first-order chi connectivity index (χ1) is 17.7. The molecule has 1 amide bonds. The summed E-state index contributed by atoms with van der Waals surface area (Å²) in [6, 6.07) is 22.6. The van der Waals surface area contributed by atoms with E-state index in [4.69, 9.17) is 9.72 Å². The number of imidazole rings is 1. The van der Waals surface area contributed by atoms with Crippen LogP contribution in [0.1, 0.15) is 66.5 Å². The number of para-hydroxylation sites is 2. The second-order valence-corrected chi connectivity index (χ2v) is 10.8. The molecule has 0 saturated heterocycles. The fourth-order valence-corrected chi connectivity index (χ4v) is 4.63. The monoisotopic (exact) mass is 497 g/mol. The summed E-state index contributed by atoms with van der Waals surface area (Å²) in [5.41, 5.74) is 6.47. The van der Waals surface area contributed by atoms with E-state index < -0.39 is 0 Å². The number of rotatable bonds is 10. The normalized spacial score (nSPS) is 11.6. The summed E-state index contributed by atoms with van der Waals surface area (Å²) in [7, 11) is 0. The van der Waals surface area contributed by atoms with Crippen molar-refractivity contribution < 1.29 is 9.53 Å². The van der Waals surface area contributed by atoms with E-state index in [0.29, 0.717) is 19.6 Å². The van der Waals surface area contributed by atoms with Crippen molar-refractivity contribution in [2.75, 3.05) is 13.2 Å². The molecule has 0 fully saturated rings. The number of unbranched alkanes of at least 4 members (excludes halogenated alkanes) is 1. The molecule has 0 radical (unpaired) electrons. The first-order valence-corrected chi connectivity index (χ1v) is 13.3. The second kappa shape index (κ2) is 11.6. The summed E-state index contributed by atoms with van der Waals surface area (Å²) < 4.78 is 8.28. The van der Waals surface area contributed by atoms with Crippen LogP contribution in [0, 0.1) is 13.8 Å². The largest absolute Gasteiger partial charge is 0.494 e. The molecule has 37 heavy (non-hydrogen) atoms. The number of amides is 1. The van der Waals surface area contributed by atoms with Gasteiger partial charge >= 0.3 is 0 Å². The van der Waals surface area contributed by atoms with Crippen molar-refractivity contribution in [2.45, 2.75) is 65.8 Å².